The van der Waals surface area contributed by atoms with Gasteiger partial charge < -0.3 is 18.9 Å². The van der Waals surface area contributed by atoms with Gasteiger partial charge in [0.05, 0.1) is 12.1 Å². The minimum atomic E-state index is 0.126. The van der Waals surface area contributed by atoms with E-state index in [0.717, 1.165) is 60.6 Å². The van der Waals surface area contributed by atoms with Crippen LogP contribution in [0.2, 0.25) is 0 Å². The average Bonchev–Trinajstić information content (AvgIpc) is 3.22. The molecule has 28 heavy (non-hydrogen) atoms. The third-order valence-corrected chi connectivity index (χ3v) is 5.73. The van der Waals surface area contributed by atoms with Crippen molar-refractivity contribution in [1.82, 2.24) is 29.1 Å². The Morgan fingerprint density at radius 2 is 1.86 bits per heavy atom. The highest BCUT2D eigenvalue weighted by molar-refractivity contribution is 6.07. The van der Waals surface area contributed by atoms with E-state index < -0.39 is 0 Å². The summed E-state index contributed by atoms with van der Waals surface area (Å²) in [6, 6.07) is 8.08. The topological polar surface area (TPSA) is 59.2 Å². The summed E-state index contributed by atoms with van der Waals surface area (Å²) in [5.41, 5.74) is 1.89. The molecule has 7 heteroatoms. The van der Waals surface area contributed by atoms with E-state index in [2.05, 4.69) is 25.7 Å². The molecule has 1 saturated heterocycles. The largest absolute Gasteiger partial charge is 0.350 e. The molecule has 1 amide bonds. The maximum absolute atomic E-state index is 13.1. The fraction of sp³-hybridized carbons (Fsp3) is 0.476. The summed E-state index contributed by atoms with van der Waals surface area (Å²) >= 11 is 0. The zero-order valence-corrected chi connectivity index (χ0v) is 17.1. The van der Waals surface area contributed by atoms with Gasteiger partial charge in [0.2, 0.25) is 0 Å². The van der Waals surface area contributed by atoms with E-state index in [4.69, 9.17) is 0 Å². The lowest BCUT2D eigenvalue weighted by molar-refractivity contribution is 0.0712. The molecule has 3 heterocycles. The number of amides is 1. The maximum Gasteiger partial charge on any atom is 0.256 e. The Balaban J connectivity index is 1.47. The molecular weight excluding hydrogens is 352 g/mol. The first-order valence-corrected chi connectivity index (χ1v) is 9.82. The number of hydrogen-bond donors (Lipinski definition) is 0. The molecule has 0 radical (unpaired) electrons. The Morgan fingerprint density at radius 3 is 2.57 bits per heavy atom. The van der Waals surface area contributed by atoms with Crippen LogP contribution < -0.4 is 0 Å². The van der Waals surface area contributed by atoms with Gasteiger partial charge in [-0.2, -0.15) is 0 Å². The molecule has 1 aliphatic rings. The van der Waals surface area contributed by atoms with E-state index >= 15 is 0 Å². The SMILES string of the molecule is CN(C)Cc1nnc(C2CCN(C(=O)c3cn(C)c4ccccc34)CC2)n1C. The highest BCUT2D eigenvalue weighted by Crippen LogP contribution is 2.29. The lowest BCUT2D eigenvalue weighted by Crippen LogP contribution is -2.38. The number of fused-ring (bicyclic) bond motifs is 1. The Hall–Kier alpha value is -2.67. The maximum atomic E-state index is 13.1. The number of rotatable bonds is 4. The van der Waals surface area contributed by atoms with E-state index in [1.807, 2.05) is 62.1 Å². The minimum absolute atomic E-state index is 0.126. The van der Waals surface area contributed by atoms with Gasteiger partial charge in [0.1, 0.15) is 11.6 Å². The summed E-state index contributed by atoms with van der Waals surface area (Å²) in [6.07, 6.45) is 3.80. The second-order valence-corrected chi connectivity index (χ2v) is 8.01. The number of hydrogen-bond acceptors (Lipinski definition) is 4. The van der Waals surface area contributed by atoms with E-state index in [1.54, 1.807) is 0 Å². The molecule has 1 fully saturated rings. The van der Waals surface area contributed by atoms with Crippen molar-refractivity contribution >= 4 is 16.8 Å². The molecule has 2 aromatic heterocycles. The second kappa shape index (κ2) is 7.39. The molecule has 0 N–H and O–H groups in total. The summed E-state index contributed by atoms with van der Waals surface area (Å²) in [4.78, 5) is 17.2. The third kappa shape index (κ3) is 3.30. The quantitative estimate of drug-likeness (QED) is 0.697. The van der Waals surface area contributed by atoms with E-state index in [-0.39, 0.29) is 5.91 Å². The lowest BCUT2D eigenvalue weighted by atomic mass is 9.95. The molecule has 7 nitrogen and oxygen atoms in total. The number of para-hydroxylation sites is 1. The van der Waals surface area contributed by atoms with Gasteiger partial charge in [0.25, 0.3) is 5.91 Å². The number of aromatic nitrogens is 4. The van der Waals surface area contributed by atoms with Crippen LogP contribution in [0.5, 0.6) is 0 Å². The van der Waals surface area contributed by atoms with Gasteiger partial charge in [-0.05, 0) is 33.0 Å². The van der Waals surface area contributed by atoms with Gasteiger partial charge in [-0.25, -0.2) is 0 Å². The highest BCUT2D eigenvalue weighted by Gasteiger charge is 2.29. The highest BCUT2D eigenvalue weighted by atomic mass is 16.2. The van der Waals surface area contributed by atoms with Crippen LogP contribution in [-0.4, -0.2) is 62.2 Å². The van der Waals surface area contributed by atoms with Crippen molar-refractivity contribution < 1.29 is 4.79 Å². The summed E-state index contributed by atoms with van der Waals surface area (Å²) in [5.74, 6) is 2.50. The Bertz CT molecular complexity index is 994. The van der Waals surface area contributed by atoms with Crippen LogP contribution in [0.3, 0.4) is 0 Å². The van der Waals surface area contributed by atoms with Crippen molar-refractivity contribution in [1.29, 1.82) is 0 Å². The summed E-state index contributed by atoms with van der Waals surface area (Å²) in [7, 11) is 8.10. The Kier molecular flexibility index (Phi) is 4.93. The van der Waals surface area contributed by atoms with Gasteiger partial charge in [0, 0.05) is 50.2 Å². The molecule has 1 aliphatic heterocycles. The van der Waals surface area contributed by atoms with Crippen molar-refractivity contribution in [3.63, 3.8) is 0 Å². The van der Waals surface area contributed by atoms with Crippen LogP contribution >= 0.6 is 0 Å². The first-order chi connectivity index (χ1) is 13.5. The van der Waals surface area contributed by atoms with Crippen molar-refractivity contribution in [2.75, 3.05) is 27.2 Å². The molecule has 0 unspecified atom stereocenters. The summed E-state index contributed by atoms with van der Waals surface area (Å²) in [6.45, 7) is 2.28. The van der Waals surface area contributed by atoms with Crippen molar-refractivity contribution in [2.45, 2.75) is 25.3 Å². The normalized spacial score (nSPS) is 15.7. The first-order valence-electron chi connectivity index (χ1n) is 9.82. The molecule has 1 aromatic carbocycles. The van der Waals surface area contributed by atoms with Gasteiger partial charge >= 0.3 is 0 Å². The summed E-state index contributed by atoms with van der Waals surface area (Å²) in [5, 5.41) is 9.83. The molecule has 0 aliphatic carbocycles. The van der Waals surface area contributed by atoms with E-state index in [9.17, 15) is 4.79 Å². The molecule has 0 spiro atoms. The number of carbonyl (C=O) groups is 1. The standard InChI is InChI=1S/C21H28N6O/c1-24(2)14-19-22-23-20(26(19)4)15-9-11-27(12-10-15)21(28)17-13-25(3)18-8-6-5-7-16(17)18/h5-8,13,15H,9-12,14H2,1-4H3. The van der Waals surface area contributed by atoms with Crippen LogP contribution in [-0.2, 0) is 20.6 Å². The molecule has 0 bridgehead atoms. The number of aryl methyl sites for hydroxylation is 1. The number of likely N-dealkylation sites (tertiary alicyclic amines) is 1. The van der Waals surface area contributed by atoms with Crippen LogP contribution in [0.1, 0.15) is 40.8 Å². The average molecular weight is 380 g/mol. The van der Waals surface area contributed by atoms with E-state index in [1.165, 1.54) is 0 Å². The van der Waals surface area contributed by atoms with Crippen LogP contribution in [0, 0.1) is 0 Å². The van der Waals surface area contributed by atoms with Crippen molar-refractivity contribution in [3.05, 3.63) is 47.7 Å². The Morgan fingerprint density at radius 1 is 1.14 bits per heavy atom. The third-order valence-electron chi connectivity index (χ3n) is 5.73. The van der Waals surface area contributed by atoms with Gasteiger partial charge in [-0.1, -0.05) is 18.2 Å². The predicted octanol–water partition coefficient (Wildman–Crippen LogP) is 2.39. The number of carbonyl (C=O) groups excluding carboxylic acids is 1. The van der Waals surface area contributed by atoms with E-state index in [0.29, 0.717) is 5.92 Å². The Labute approximate surface area is 165 Å². The smallest absolute Gasteiger partial charge is 0.256 e. The van der Waals surface area contributed by atoms with Gasteiger partial charge in [-0.3, -0.25) is 4.79 Å². The molecule has 148 valence electrons. The van der Waals surface area contributed by atoms with Crippen LogP contribution in [0.25, 0.3) is 10.9 Å². The fourth-order valence-corrected chi connectivity index (χ4v) is 4.17. The molecule has 4 rings (SSSR count). The second-order valence-electron chi connectivity index (χ2n) is 8.01. The van der Waals surface area contributed by atoms with Crippen molar-refractivity contribution in [3.8, 4) is 0 Å². The molecular formula is C21H28N6O. The van der Waals surface area contributed by atoms with Gasteiger partial charge in [-0.15, -0.1) is 10.2 Å². The number of piperidine rings is 1. The minimum Gasteiger partial charge on any atom is -0.350 e. The summed E-state index contributed by atoms with van der Waals surface area (Å²) < 4.78 is 4.15. The van der Waals surface area contributed by atoms with Crippen LogP contribution in [0.4, 0.5) is 0 Å². The number of benzene rings is 1. The molecule has 0 saturated carbocycles. The van der Waals surface area contributed by atoms with Crippen molar-refractivity contribution in [2.24, 2.45) is 14.1 Å². The lowest BCUT2D eigenvalue weighted by Gasteiger charge is -2.31. The predicted molar refractivity (Wildman–Crippen MR) is 109 cm³/mol. The zero-order chi connectivity index (χ0) is 19.8. The molecule has 3 aromatic rings. The number of nitrogens with zero attached hydrogens (tertiary/aromatic N) is 6. The molecule has 0 atom stereocenters. The zero-order valence-electron chi connectivity index (χ0n) is 17.1. The van der Waals surface area contributed by atoms with Gasteiger partial charge in [0.15, 0.2) is 0 Å². The first kappa shape index (κ1) is 18.7. The van der Waals surface area contributed by atoms with Crippen LogP contribution in [0.15, 0.2) is 30.5 Å². The fourth-order valence-electron chi connectivity index (χ4n) is 4.17. The monoisotopic (exact) mass is 380 g/mol.